The van der Waals surface area contributed by atoms with E-state index in [1.165, 1.54) is 22.8 Å². The van der Waals surface area contributed by atoms with Gasteiger partial charge in [-0.3, -0.25) is 0 Å². The van der Waals surface area contributed by atoms with E-state index in [4.69, 9.17) is 16.0 Å². The van der Waals surface area contributed by atoms with E-state index in [0.717, 1.165) is 12.8 Å². The fraction of sp³-hybridized carbons (Fsp3) is 0.308. The molecule has 1 saturated carbocycles. The van der Waals surface area contributed by atoms with Crippen molar-refractivity contribution >= 4 is 21.6 Å². The van der Waals surface area contributed by atoms with Gasteiger partial charge in [-0.25, -0.2) is 13.4 Å². The molecule has 0 atom stereocenters. The standard InChI is InChI=1S/C13H13ClN2O3S/c14-13-12(4-1-7-15-13)20(17,18)16(10-5-6-10)9-11-3-2-8-19-11/h1-4,7-8,10H,5-6,9H2. The molecule has 2 heterocycles. The molecule has 0 radical (unpaired) electrons. The van der Waals surface area contributed by atoms with Crippen molar-refractivity contribution in [3.63, 3.8) is 0 Å². The van der Waals surface area contributed by atoms with Gasteiger partial charge in [0.25, 0.3) is 0 Å². The Labute approximate surface area is 122 Å². The average molecular weight is 313 g/mol. The van der Waals surface area contributed by atoms with Crippen LogP contribution >= 0.6 is 11.6 Å². The summed E-state index contributed by atoms with van der Waals surface area (Å²) in [6, 6.07) is 6.56. The number of pyridine rings is 1. The van der Waals surface area contributed by atoms with Gasteiger partial charge < -0.3 is 4.42 Å². The molecule has 0 aromatic carbocycles. The van der Waals surface area contributed by atoms with Crippen molar-refractivity contribution in [3.8, 4) is 0 Å². The number of hydrogen-bond donors (Lipinski definition) is 0. The van der Waals surface area contributed by atoms with Crippen LogP contribution in [0.15, 0.2) is 46.0 Å². The fourth-order valence-corrected chi connectivity index (χ4v) is 4.10. The first-order chi connectivity index (χ1) is 9.59. The predicted molar refractivity (Wildman–Crippen MR) is 73.7 cm³/mol. The van der Waals surface area contributed by atoms with Gasteiger partial charge in [-0.1, -0.05) is 11.6 Å². The molecule has 0 N–H and O–H groups in total. The Morgan fingerprint density at radius 2 is 2.15 bits per heavy atom. The molecule has 1 aliphatic carbocycles. The van der Waals surface area contributed by atoms with Gasteiger partial charge in [-0.2, -0.15) is 4.31 Å². The Balaban J connectivity index is 1.96. The van der Waals surface area contributed by atoms with Crippen molar-refractivity contribution in [2.24, 2.45) is 0 Å². The summed E-state index contributed by atoms with van der Waals surface area (Å²) < 4.78 is 32.1. The SMILES string of the molecule is O=S(=O)(c1cccnc1Cl)N(Cc1ccco1)C1CC1. The summed E-state index contributed by atoms with van der Waals surface area (Å²) in [6.45, 7) is 0.214. The third-order valence-electron chi connectivity index (χ3n) is 3.16. The van der Waals surface area contributed by atoms with E-state index in [0.29, 0.717) is 5.76 Å². The highest BCUT2D eigenvalue weighted by molar-refractivity contribution is 7.89. The number of aromatic nitrogens is 1. The zero-order valence-electron chi connectivity index (χ0n) is 10.6. The van der Waals surface area contributed by atoms with Crippen LogP contribution in [-0.2, 0) is 16.6 Å². The monoisotopic (exact) mass is 312 g/mol. The lowest BCUT2D eigenvalue weighted by molar-refractivity contribution is 0.356. The van der Waals surface area contributed by atoms with E-state index >= 15 is 0 Å². The fourth-order valence-electron chi connectivity index (χ4n) is 2.02. The van der Waals surface area contributed by atoms with Crippen molar-refractivity contribution in [2.75, 3.05) is 0 Å². The van der Waals surface area contributed by atoms with Gasteiger partial charge in [-0.15, -0.1) is 0 Å². The molecular weight excluding hydrogens is 300 g/mol. The molecule has 0 aliphatic heterocycles. The van der Waals surface area contributed by atoms with Crippen molar-refractivity contribution in [2.45, 2.75) is 30.3 Å². The van der Waals surface area contributed by atoms with Crippen molar-refractivity contribution < 1.29 is 12.8 Å². The first-order valence-corrected chi connectivity index (χ1v) is 8.05. The van der Waals surface area contributed by atoms with Crippen LogP contribution in [0.3, 0.4) is 0 Å². The molecule has 20 heavy (non-hydrogen) atoms. The second kappa shape index (κ2) is 5.20. The Bertz CT molecular complexity index is 696. The van der Waals surface area contributed by atoms with Gasteiger partial charge in [-0.05, 0) is 37.1 Å². The first-order valence-electron chi connectivity index (χ1n) is 6.24. The molecule has 3 rings (SSSR count). The van der Waals surface area contributed by atoms with Gasteiger partial charge in [0.05, 0.1) is 12.8 Å². The second-order valence-electron chi connectivity index (χ2n) is 4.65. The molecule has 106 valence electrons. The molecule has 0 amide bonds. The lowest BCUT2D eigenvalue weighted by Gasteiger charge is -2.21. The number of furan rings is 1. The normalized spacial score (nSPS) is 15.7. The second-order valence-corrected chi connectivity index (χ2v) is 6.87. The van der Waals surface area contributed by atoms with Crippen LogP contribution in [0.4, 0.5) is 0 Å². The Kier molecular flexibility index (Phi) is 3.54. The molecule has 1 fully saturated rings. The minimum absolute atomic E-state index is 0.00223. The molecule has 0 unspecified atom stereocenters. The van der Waals surface area contributed by atoms with E-state index in [9.17, 15) is 8.42 Å². The summed E-state index contributed by atoms with van der Waals surface area (Å²) in [5, 5.41) is -0.00223. The molecule has 1 aliphatic rings. The molecule has 0 bridgehead atoms. The van der Waals surface area contributed by atoms with E-state index in [2.05, 4.69) is 4.98 Å². The maximum absolute atomic E-state index is 12.7. The van der Waals surface area contributed by atoms with Gasteiger partial charge in [0.1, 0.15) is 15.8 Å². The summed E-state index contributed by atoms with van der Waals surface area (Å²) in [5.74, 6) is 0.612. The van der Waals surface area contributed by atoms with Gasteiger partial charge in [0, 0.05) is 12.2 Å². The summed E-state index contributed by atoms with van der Waals surface area (Å²) in [4.78, 5) is 3.88. The molecule has 7 heteroatoms. The highest BCUT2D eigenvalue weighted by Gasteiger charge is 2.39. The van der Waals surface area contributed by atoms with Crippen LogP contribution in [0, 0.1) is 0 Å². The lowest BCUT2D eigenvalue weighted by atomic mass is 10.4. The van der Waals surface area contributed by atoms with Crippen LogP contribution in [0.1, 0.15) is 18.6 Å². The van der Waals surface area contributed by atoms with Crippen molar-refractivity contribution in [1.82, 2.24) is 9.29 Å². The zero-order chi connectivity index (χ0) is 14.2. The number of nitrogens with zero attached hydrogens (tertiary/aromatic N) is 2. The highest BCUT2D eigenvalue weighted by Crippen LogP contribution is 2.34. The smallest absolute Gasteiger partial charge is 0.246 e. The third kappa shape index (κ3) is 2.59. The van der Waals surface area contributed by atoms with Crippen LogP contribution in [0.2, 0.25) is 5.15 Å². The Morgan fingerprint density at radius 1 is 1.35 bits per heavy atom. The minimum atomic E-state index is -3.67. The van der Waals surface area contributed by atoms with Crippen molar-refractivity contribution in [1.29, 1.82) is 0 Å². The quantitative estimate of drug-likeness (QED) is 0.796. The minimum Gasteiger partial charge on any atom is -0.468 e. The summed E-state index contributed by atoms with van der Waals surface area (Å²) in [5.41, 5.74) is 0. The van der Waals surface area contributed by atoms with Crippen LogP contribution in [-0.4, -0.2) is 23.7 Å². The number of halogens is 1. The van der Waals surface area contributed by atoms with E-state index < -0.39 is 10.0 Å². The Morgan fingerprint density at radius 3 is 2.75 bits per heavy atom. The summed E-state index contributed by atoms with van der Waals surface area (Å²) in [7, 11) is -3.67. The van der Waals surface area contributed by atoms with Crippen LogP contribution < -0.4 is 0 Å². The van der Waals surface area contributed by atoms with E-state index in [1.54, 1.807) is 18.2 Å². The maximum atomic E-state index is 12.7. The van der Waals surface area contributed by atoms with Gasteiger partial charge >= 0.3 is 0 Å². The zero-order valence-corrected chi connectivity index (χ0v) is 12.1. The number of hydrogen-bond acceptors (Lipinski definition) is 4. The lowest BCUT2D eigenvalue weighted by Crippen LogP contribution is -2.32. The third-order valence-corrected chi connectivity index (χ3v) is 5.50. The van der Waals surface area contributed by atoms with E-state index in [1.807, 2.05) is 0 Å². The summed E-state index contributed by atoms with van der Waals surface area (Å²) in [6.07, 6.45) is 4.72. The molecule has 5 nitrogen and oxygen atoms in total. The van der Waals surface area contributed by atoms with E-state index in [-0.39, 0.29) is 22.6 Å². The molecule has 2 aromatic rings. The topological polar surface area (TPSA) is 63.4 Å². The van der Waals surface area contributed by atoms with Gasteiger partial charge in [0.2, 0.25) is 10.0 Å². The molecule has 2 aromatic heterocycles. The van der Waals surface area contributed by atoms with Crippen molar-refractivity contribution in [3.05, 3.63) is 47.6 Å². The highest BCUT2D eigenvalue weighted by atomic mass is 35.5. The largest absolute Gasteiger partial charge is 0.468 e. The van der Waals surface area contributed by atoms with Crippen LogP contribution in [0.25, 0.3) is 0 Å². The Hall–Kier alpha value is -1.37. The molecular formula is C13H13ClN2O3S. The van der Waals surface area contributed by atoms with Gasteiger partial charge in [0.15, 0.2) is 0 Å². The first kappa shape index (κ1) is 13.6. The number of sulfonamides is 1. The predicted octanol–water partition coefficient (Wildman–Crippen LogP) is 2.68. The summed E-state index contributed by atoms with van der Waals surface area (Å²) >= 11 is 5.92. The average Bonchev–Trinajstić information content (AvgIpc) is 3.12. The maximum Gasteiger partial charge on any atom is 0.246 e. The number of rotatable bonds is 5. The molecule has 0 spiro atoms. The molecule has 0 saturated heterocycles. The van der Waals surface area contributed by atoms with Crippen LogP contribution in [0.5, 0.6) is 0 Å².